The van der Waals surface area contributed by atoms with Crippen LogP contribution in [0.5, 0.6) is 0 Å². The van der Waals surface area contributed by atoms with Crippen LogP contribution in [0.25, 0.3) is 0 Å². The number of benzene rings is 1. The Morgan fingerprint density at radius 3 is 1.80 bits per heavy atom. The van der Waals surface area contributed by atoms with Gasteiger partial charge in [-0.05, 0) is 37.7 Å². The molecule has 3 rings (SSSR count). The van der Waals surface area contributed by atoms with E-state index < -0.39 is 103 Å². The number of carboxylic acid groups (broad SMARTS) is 2. The van der Waals surface area contributed by atoms with E-state index in [4.69, 9.17) is 0 Å². The first-order chi connectivity index (χ1) is 23.1. The summed E-state index contributed by atoms with van der Waals surface area (Å²) in [5.41, 5.74) is 0.625. The molecule has 8 N–H and O–H groups in total. The zero-order chi connectivity index (χ0) is 36.4. The third kappa shape index (κ3) is 11.0. The first-order valence-corrected chi connectivity index (χ1v) is 16.0. The minimum absolute atomic E-state index is 0.0286. The SMILES string of the molecule is CC(C)C[C@@H]1NC(=O)[C@@H](CC(=O)O)NC(=O)[C@H]2CCCN2C(=O)[C@@H](Cc2ccccc2)NC(=O)[C@H]([C@@H](C)O)NC(=O)[C@@H](CC(=O)O)NC1=O. The minimum atomic E-state index is -1.79. The summed E-state index contributed by atoms with van der Waals surface area (Å²) in [6, 6.07) is -0.437. The molecule has 49 heavy (non-hydrogen) atoms. The van der Waals surface area contributed by atoms with E-state index in [1.807, 2.05) is 0 Å². The number of aliphatic hydroxyl groups is 1. The molecule has 2 aliphatic rings. The fourth-order valence-corrected chi connectivity index (χ4v) is 5.76. The Kier molecular flexibility index (Phi) is 13.6. The number of carboxylic acids is 2. The quantitative estimate of drug-likeness (QED) is 0.141. The van der Waals surface area contributed by atoms with Gasteiger partial charge in [0.25, 0.3) is 0 Å². The van der Waals surface area contributed by atoms with Crippen LogP contribution in [0.3, 0.4) is 0 Å². The normalized spacial score (nSPS) is 26.7. The Labute approximate surface area is 282 Å². The second-order valence-electron chi connectivity index (χ2n) is 12.7. The lowest BCUT2D eigenvalue weighted by molar-refractivity contribution is -0.145. The van der Waals surface area contributed by atoms with E-state index in [0.29, 0.717) is 12.0 Å². The number of aliphatic hydroxyl groups excluding tert-OH is 1. The maximum absolute atomic E-state index is 14.0. The Bertz CT molecular complexity index is 1420. The van der Waals surface area contributed by atoms with Gasteiger partial charge >= 0.3 is 11.9 Å². The Balaban J connectivity index is 2.10. The van der Waals surface area contributed by atoms with Crippen LogP contribution in [0.15, 0.2) is 30.3 Å². The number of rotatable bonds is 9. The standard InChI is InChI=1S/C32H44N6O11/c1-16(2)12-19-27(44)34-21(15-25(42)43)29(46)37-26(17(3)39)31(48)36-22(13-18-8-5-4-6-9-18)32(49)38-11-7-10-23(38)30(47)35-20(14-24(40)41)28(45)33-19/h4-6,8-9,16-17,19-23,26,39H,7,10-15H2,1-3H3,(H,33,45)(H,34,44)(H,35,47)(H,36,48)(H,37,46)(H,40,41)(H,42,43)/t17-,19+,20-,21-,22-,23-,26+/m1/s1. The van der Waals surface area contributed by atoms with Crippen LogP contribution < -0.4 is 26.6 Å². The van der Waals surface area contributed by atoms with Gasteiger partial charge in [-0.1, -0.05) is 44.2 Å². The van der Waals surface area contributed by atoms with E-state index >= 15 is 0 Å². The number of amides is 6. The highest BCUT2D eigenvalue weighted by Gasteiger charge is 2.41. The average molecular weight is 689 g/mol. The number of carbonyl (C=O) groups is 8. The molecule has 17 heteroatoms. The summed E-state index contributed by atoms with van der Waals surface area (Å²) in [6.45, 7) is 4.72. The summed E-state index contributed by atoms with van der Waals surface area (Å²) in [5.74, 6) is -8.84. The van der Waals surface area contributed by atoms with Crippen LogP contribution in [-0.4, -0.2) is 117 Å². The lowest BCUT2D eigenvalue weighted by Gasteiger charge is -2.32. The van der Waals surface area contributed by atoms with Gasteiger partial charge in [-0.3, -0.25) is 38.4 Å². The molecule has 2 fully saturated rings. The molecule has 0 spiro atoms. The molecule has 2 heterocycles. The largest absolute Gasteiger partial charge is 0.481 e. The second-order valence-corrected chi connectivity index (χ2v) is 12.7. The van der Waals surface area contributed by atoms with Gasteiger partial charge in [0.1, 0.15) is 36.3 Å². The Morgan fingerprint density at radius 1 is 0.735 bits per heavy atom. The number of hydrogen-bond acceptors (Lipinski definition) is 9. The monoisotopic (exact) mass is 688 g/mol. The van der Waals surface area contributed by atoms with Gasteiger partial charge in [0.2, 0.25) is 35.4 Å². The van der Waals surface area contributed by atoms with Crippen molar-refractivity contribution in [3.63, 3.8) is 0 Å². The van der Waals surface area contributed by atoms with Crippen LogP contribution in [-0.2, 0) is 44.8 Å². The highest BCUT2D eigenvalue weighted by molar-refractivity contribution is 5.99. The molecule has 2 aliphatic heterocycles. The fraction of sp³-hybridized carbons (Fsp3) is 0.562. The van der Waals surface area contributed by atoms with Gasteiger partial charge in [-0.15, -0.1) is 0 Å². The van der Waals surface area contributed by atoms with Gasteiger partial charge in [0.05, 0.1) is 18.9 Å². The van der Waals surface area contributed by atoms with Crippen molar-refractivity contribution in [1.29, 1.82) is 0 Å². The van der Waals surface area contributed by atoms with Crippen molar-refractivity contribution in [3.05, 3.63) is 35.9 Å². The maximum atomic E-state index is 14.0. The zero-order valence-electron chi connectivity index (χ0n) is 27.5. The molecule has 0 bridgehead atoms. The lowest BCUT2D eigenvalue weighted by atomic mass is 10.0. The number of aliphatic carboxylic acids is 2. The highest BCUT2D eigenvalue weighted by atomic mass is 16.4. The number of nitrogens with one attached hydrogen (secondary N) is 5. The number of nitrogens with zero attached hydrogens (tertiary/aromatic N) is 1. The molecule has 0 radical (unpaired) electrons. The number of fused-ring (bicyclic) bond motifs is 1. The Hall–Kier alpha value is -5.06. The molecule has 2 saturated heterocycles. The second kappa shape index (κ2) is 17.4. The van der Waals surface area contributed by atoms with E-state index in [-0.39, 0.29) is 31.7 Å². The van der Waals surface area contributed by atoms with Gasteiger partial charge in [-0.25, -0.2) is 0 Å². The first-order valence-electron chi connectivity index (χ1n) is 16.0. The molecular formula is C32H44N6O11. The fourth-order valence-electron chi connectivity index (χ4n) is 5.76. The van der Waals surface area contributed by atoms with E-state index in [2.05, 4.69) is 26.6 Å². The average Bonchev–Trinajstić information content (AvgIpc) is 3.51. The molecule has 0 unspecified atom stereocenters. The number of hydrogen-bond donors (Lipinski definition) is 8. The van der Waals surface area contributed by atoms with Crippen molar-refractivity contribution < 1.29 is 53.7 Å². The van der Waals surface area contributed by atoms with Crippen molar-refractivity contribution in [2.24, 2.45) is 5.92 Å². The molecule has 17 nitrogen and oxygen atoms in total. The van der Waals surface area contributed by atoms with Crippen molar-refractivity contribution in [2.75, 3.05) is 6.54 Å². The van der Waals surface area contributed by atoms with Crippen molar-refractivity contribution in [1.82, 2.24) is 31.5 Å². The third-order valence-electron chi connectivity index (χ3n) is 8.16. The molecule has 0 aromatic heterocycles. The van der Waals surface area contributed by atoms with Crippen LogP contribution in [0.2, 0.25) is 0 Å². The zero-order valence-corrected chi connectivity index (χ0v) is 27.5. The van der Waals surface area contributed by atoms with E-state index in [0.717, 1.165) is 0 Å². The van der Waals surface area contributed by atoms with Crippen molar-refractivity contribution in [3.8, 4) is 0 Å². The molecule has 7 atom stereocenters. The molecule has 0 aliphatic carbocycles. The van der Waals surface area contributed by atoms with Gasteiger partial charge < -0.3 is 46.8 Å². The Morgan fingerprint density at radius 2 is 1.24 bits per heavy atom. The van der Waals surface area contributed by atoms with Crippen molar-refractivity contribution in [2.45, 2.75) is 102 Å². The van der Waals surface area contributed by atoms with Crippen molar-refractivity contribution >= 4 is 47.4 Å². The number of carbonyl (C=O) groups excluding carboxylic acids is 6. The summed E-state index contributed by atoms with van der Waals surface area (Å²) in [4.78, 5) is 106. The smallest absolute Gasteiger partial charge is 0.305 e. The highest BCUT2D eigenvalue weighted by Crippen LogP contribution is 2.21. The van der Waals surface area contributed by atoms with Gasteiger partial charge in [-0.2, -0.15) is 0 Å². The molecular weight excluding hydrogens is 644 g/mol. The predicted octanol–water partition coefficient (Wildman–Crippen LogP) is -1.97. The molecule has 1 aromatic rings. The van der Waals surface area contributed by atoms with E-state index in [1.165, 1.54) is 11.8 Å². The lowest BCUT2D eigenvalue weighted by Crippen LogP contribution is -2.63. The molecule has 6 amide bonds. The summed E-state index contributed by atoms with van der Waals surface area (Å²) in [6.07, 6.45) is -2.91. The third-order valence-corrected chi connectivity index (χ3v) is 8.16. The van der Waals surface area contributed by atoms with Crippen LogP contribution in [0.4, 0.5) is 0 Å². The van der Waals surface area contributed by atoms with E-state index in [9.17, 15) is 53.7 Å². The molecule has 0 saturated carbocycles. The van der Waals surface area contributed by atoms with Crippen LogP contribution in [0.1, 0.15) is 58.4 Å². The maximum Gasteiger partial charge on any atom is 0.305 e. The molecule has 1 aromatic carbocycles. The minimum Gasteiger partial charge on any atom is -0.481 e. The summed E-state index contributed by atoms with van der Waals surface area (Å²) >= 11 is 0. The summed E-state index contributed by atoms with van der Waals surface area (Å²) in [5, 5.41) is 41.5. The molecule has 268 valence electrons. The topological polar surface area (TPSA) is 261 Å². The summed E-state index contributed by atoms with van der Waals surface area (Å²) in [7, 11) is 0. The van der Waals surface area contributed by atoms with Gasteiger partial charge in [0.15, 0.2) is 0 Å². The van der Waals surface area contributed by atoms with Gasteiger partial charge in [0, 0.05) is 13.0 Å². The van der Waals surface area contributed by atoms with Crippen LogP contribution >= 0.6 is 0 Å². The van der Waals surface area contributed by atoms with Crippen LogP contribution in [0, 0.1) is 5.92 Å². The first kappa shape index (κ1) is 38.4. The van der Waals surface area contributed by atoms with E-state index in [1.54, 1.807) is 44.2 Å². The predicted molar refractivity (Wildman–Crippen MR) is 170 cm³/mol. The summed E-state index contributed by atoms with van der Waals surface area (Å²) < 4.78 is 0.